The van der Waals surface area contributed by atoms with Crippen LogP contribution in [-0.4, -0.2) is 28.8 Å². The van der Waals surface area contributed by atoms with Gasteiger partial charge in [0.2, 0.25) is 0 Å². The van der Waals surface area contributed by atoms with E-state index in [0.29, 0.717) is 11.5 Å². The zero-order valence-corrected chi connectivity index (χ0v) is 14.6. The van der Waals surface area contributed by atoms with Gasteiger partial charge in [0.1, 0.15) is 0 Å². The second-order valence-electron chi connectivity index (χ2n) is 5.29. The molecule has 0 bridgehead atoms. The van der Waals surface area contributed by atoms with Gasteiger partial charge in [0.25, 0.3) is 5.91 Å². The molecule has 0 fully saturated rings. The summed E-state index contributed by atoms with van der Waals surface area (Å²) in [5, 5.41) is 10.3. The van der Waals surface area contributed by atoms with Crippen molar-refractivity contribution in [2.75, 3.05) is 6.54 Å². The zero-order chi connectivity index (χ0) is 17.5. The molecular formula is C18H19ClN2O2S. The minimum absolute atomic E-state index is 0.243. The van der Waals surface area contributed by atoms with Crippen molar-refractivity contribution in [1.29, 1.82) is 0 Å². The largest absolute Gasteiger partial charge is 0.320 e. The Balaban J connectivity index is 0.000000185. The summed E-state index contributed by atoms with van der Waals surface area (Å²) in [6.07, 6.45) is 4.01. The maximum absolute atomic E-state index is 10.9. The third kappa shape index (κ3) is 5.39. The third-order valence-corrected chi connectivity index (χ3v) is 4.00. The van der Waals surface area contributed by atoms with Crippen molar-refractivity contribution in [1.82, 2.24) is 5.06 Å². The first kappa shape index (κ1) is 18.5. The van der Waals surface area contributed by atoms with E-state index in [9.17, 15) is 4.79 Å². The molecule has 1 atom stereocenters. The minimum atomic E-state index is -0.580. The number of carbonyl (C=O) groups excluding carboxylic acids is 1. The van der Waals surface area contributed by atoms with Crippen molar-refractivity contribution in [3.63, 3.8) is 0 Å². The van der Waals surface area contributed by atoms with Crippen LogP contribution in [0.3, 0.4) is 0 Å². The summed E-state index contributed by atoms with van der Waals surface area (Å²) in [4.78, 5) is 11.8. The Bertz CT molecular complexity index is 642. The molecule has 3 N–H and O–H groups in total. The van der Waals surface area contributed by atoms with E-state index < -0.39 is 11.9 Å². The van der Waals surface area contributed by atoms with Gasteiger partial charge in [-0.2, -0.15) is 0 Å². The zero-order valence-electron chi connectivity index (χ0n) is 13.0. The lowest BCUT2D eigenvalue weighted by Crippen LogP contribution is -2.40. The molecule has 1 aliphatic heterocycles. The van der Waals surface area contributed by atoms with Crippen molar-refractivity contribution >= 4 is 30.1 Å². The molecule has 1 aliphatic rings. The fraction of sp³-hybridized carbons (Fsp3) is 0.167. The van der Waals surface area contributed by atoms with Crippen molar-refractivity contribution in [3.8, 4) is 11.1 Å². The van der Waals surface area contributed by atoms with Crippen LogP contribution in [0.5, 0.6) is 0 Å². The SMILES string of the molecule is N[C@@H]1CC=CCN(O)C1=O.Sc1ccc(-c2ccc(Cl)cc2)cc1. The van der Waals surface area contributed by atoms with Gasteiger partial charge in [0, 0.05) is 9.92 Å². The van der Waals surface area contributed by atoms with E-state index >= 15 is 0 Å². The Labute approximate surface area is 151 Å². The molecule has 24 heavy (non-hydrogen) atoms. The normalized spacial score (nSPS) is 17.1. The van der Waals surface area contributed by atoms with Gasteiger partial charge in [-0.05, 0) is 41.8 Å². The molecule has 0 aromatic heterocycles. The van der Waals surface area contributed by atoms with Gasteiger partial charge in [-0.25, -0.2) is 5.06 Å². The van der Waals surface area contributed by atoms with E-state index in [1.807, 2.05) is 48.5 Å². The Morgan fingerprint density at radius 3 is 2.17 bits per heavy atom. The van der Waals surface area contributed by atoms with Gasteiger partial charge in [-0.15, -0.1) is 12.6 Å². The molecule has 1 heterocycles. The number of nitrogens with zero attached hydrogens (tertiary/aromatic N) is 1. The summed E-state index contributed by atoms with van der Waals surface area (Å²) in [5.74, 6) is -0.412. The number of halogens is 1. The van der Waals surface area contributed by atoms with Crippen LogP contribution in [0.4, 0.5) is 0 Å². The second kappa shape index (κ2) is 8.89. The van der Waals surface area contributed by atoms with Crippen LogP contribution in [0.25, 0.3) is 11.1 Å². The predicted octanol–water partition coefficient (Wildman–Crippen LogP) is 3.79. The van der Waals surface area contributed by atoms with E-state index in [1.165, 1.54) is 11.1 Å². The molecule has 0 unspecified atom stereocenters. The lowest BCUT2D eigenvalue weighted by molar-refractivity contribution is -0.163. The standard InChI is InChI=1S/C12H9ClS.C6H10N2O2/c13-11-5-1-9(2-6-11)10-3-7-12(14)8-4-10;7-5-3-1-2-4-8(10)6(5)9/h1-8,14H;1-2,5,10H,3-4,7H2/t;5-/m.1/s1. The van der Waals surface area contributed by atoms with E-state index in [2.05, 4.69) is 12.6 Å². The quantitative estimate of drug-likeness (QED) is 0.411. The Morgan fingerprint density at radius 2 is 1.58 bits per heavy atom. The van der Waals surface area contributed by atoms with Crippen LogP contribution in [0.15, 0.2) is 65.6 Å². The minimum Gasteiger partial charge on any atom is -0.320 e. The first-order valence-electron chi connectivity index (χ1n) is 7.43. The predicted molar refractivity (Wildman–Crippen MR) is 99.4 cm³/mol. The van der Waals surface area contributed by atoms with Crippen LogP contribution in [0.2, 0.25) is 5.02 Å². The van der Waals surface area contributed by atoms with Crippen LogP contribution >= 0.6 is 24.2 Å². The van der Waals surface area contributed by atoms with Crippen molar-refractivity contribution in [3.05, 3.63) is 65.7 Å². The summed E-state index contributed by atoms with van der Waals surface area (Å²) < 4.78 is 0. The third-order valence-electron chi connectivity index (χ3n) is 3.45. The Hall–Kier alpha value is -1.79. The van der Waals surface area contributed by atoms with E-state index in [1.54, 1.807) is 12.2 Å². The lowest BCUT2D eigenvalue weighted by Gasteiger charge is -2.13. The number of rotatable bonds is 1. The fourth-order valence-electron chi connectivity index (χ4n) is 2.10. The van der Waals surface area contributed by atoms with Gasteiger partial charge >= 0.3 is 0 Å². The first-order chi connectivity index (χ1) is 11.5. The first-order valence-corrected chi connectivity index (χ1v) is 8.25. The highest BCUT2D eigenvalue weighted by atomic mass is 35.5. The highest BCUT2D eigenvalue weighted by Gasteiger charge is 2.19. The van der Waals surface area contributed by atoms with Gasteiger partial charge < -0.3 is 5.73 Å². The van der Waals surface area contributed by atoms with Gasteiger partial charge in [-0.1, -0.05) is 48.0 Å². The molecule has 0 radical (unpaired) electrons. The van der Waals surface area contributed by atoms with Crippen molar-refractivity contribution in [2.45, 2.75) is 17.4 Å². The molecule has 2 aromatic rings. The Morgan fingerprint density at radius 1 is 1.04 bits per heavy atom. The highest BCUT2D eigenvalue weighted by molar-refractivity contribution is 7.80. The smallest absolute Gasteiger partial charge is 0.263 e. The molecule has 0 saturated heterocycles. The highest BCUT2D eigenvalue weighted by Crippen LogP contribution is 2.22. The summed E-state index contributed by atoms with van der Waals surface area (Å²) in [5.41, 5.74) is 7.72. The fourth-order valence-corrected chi connectivity index (χ4v) is 2.37. The summed E-state index contributed by atoms with van der Waals surface area (Å²) in [6.45, 7) is 0.243. The number of hydroxylamine groups is 2. The summed E-state index contributed by atoms with van der Waals surface area (Å²) >= 11 is 10.1. The average Bonchev–Trinajstić information content (AvgIpc) is 2.73. The van der Waals surface area contributed by atoms with E-state index in [-0.39, 0.29) is 6.54 Å². The molecular weight excluding hydrogens is 344 g/mol. The average molecular weight is 363 g/mol. The number of nitrogens with two attached hydrogens (primary N) is 1. The molecule has 1 amide bonds. The van der Waals surface area contributed by atoms with Crippen LogP contribution in [0, 0.1) is 0 Å². The van der Waals surface area contributed by atoms with Crippen molar-refractivity contribution < 1.29 is 10.0 Å². The van der Waals surface area contributed by atoms with Gasteiger partial charge in [0.05, 0.1) is 12.6 Å². The summed E-state index contributed by atoms with van der Waals surface area (Å²) in [7, 11) is 0. The van der Waals surface area contributed by atoms with E-state index in [0.717, 1.165) is 9.92 Å². The number of thiol groups is 1. The van der Waals surface area contributed by atoms with E-state index in [4.69, 9.17) is 22.5 Å². The maximum atomic E-state index is 10.9. The molecule has 0 spiro atoms. The topological polar surface area (TPSA) is 66.6 Å². The second-order valence-corrected chi connectivity index (χ2v) is 6.24. The molecule has 4 nitrogen and oxygen atoms in total. The molecule has 2 aromatic carbocycles. The number of benzene rings is 2. The molecule has 6 heteroatoms. The molecule has 126 valence electrons. The molecule has 0 saturated carbocycles. The maximum Gasteiger partial charge on any atom is 0.263 e. The molecule has 3 rings (SSSR count). The number of hydrogen-bond donors (Lipinski definition) is 3. The van der Waals surface area contributed by atoms with Gasteiger partial charge in [0.15, 0.2) is 0 Å². The monoisotopic (exact) mass is 362 g/mol. The van der Waals surface area contributed by atoms with Gasteiger partial charge in [-0.3, -0.25) is 10.0 Å². The number of amides is 1. The number of hydrogen-bond acceptors (Lipinski definition) is 4. The summed E-state index contributed by atoms with van der Waals surface area (Å²) in [6, 6.07) is 15.3. The van der Waals surface area contributed by atoms with Crippen LogP contribution in [-0.2, 0) is 4.79 Å². The number of carbonyl (C=O) groups is 1. The van der Waals surface area contributed by atoms with Crippen molar-refractivity contribution in [2.24, 2.45) is 5.73 Å². The lowest BCUT2D eigenvalue weighted by atomic mass is 10.1. The van der Waals surface area contributed by atoms with Crippen LogP contribution in [0.1, 0.15) is 6.42 Å². The molecule has 0 aliphatic carbocycles. The Kier molecular flexibility index (Phi) is 6.87. The van der Waals surface area contributed by atoms with Crippen LogP contribution < -0.4 is 5.73 Å².